The fraction of sp³-hybridized carbons (Fsp3) is 0.250. The fourth-order valence-corrected chi connectivity index (χ4v) is 3.85. The minimum absolute atomic E-state index is 0.252. The zero-order valence-electron chi connectivity index (χ0n) is 15.0. The molecule has 0 atom stereocenters. The Balaban J connectivity index is 1.73. The topological polar surface area (TPSA) is 0 Å². The summed E-state index contributed by atoms with van der Waals surface area (Å²) >= 11 is 0. The van der Waals surface area contributed by atoms with Gasteiger partial charge in [-0.15, -0.1) is 0 Å². The first-order valence-corrected chi connectivity index (χ1v) is 9.36. The van der Waals surface area contributed by atoms with Crippen LogP contribution in [0.25, 0.3) is 22.3 Å². The van der Waals surface area contributed by atoms with Crippen molar-refractivity contribution < 1.29 is 8.78 Å². The van der Waals surface area contributed by atoms with Gasteiger partial charge in [0, 0.05) is 5.56 Å². The van der Waals surface area contributed by atoms with Crippen molar-refractivity contribution in [1.82, 2.24) is 0 Å². The highest BCUT2D eigenvalue weighted by Gasteiger charge is 2.19. The molecule has 132 valence electrons. The van der Waals surface area contributed by atoms with E-state index in [1.54, 1.807) is 18.2 Å². The van der Waals surface area contributed by atoms with Crippen molar-refractivity contribution in [2.75, 3.05) is 0 Å². The number of unbranched alkanes of at least 4 members (excludes halogenated alkanes) is 1. The van der Waals surface area contributed by atoms with Crippen LogP contribution in [0.1, 0.15) is 36.5 Å². The lowest BCUT2D eigenvalue weighted by molar-refractivity contribution is 0.625. The van der Waals surface area contributed by atoms with Crippen LogP contribution >= 0.6 is 0 Å². The second-order valence-electron chi connectivity index (χ2n) is 7.09. The standard InChI is InChI=1S/C24H22F2/c1-2-3-4-16-5-12-21-18(13-16)6-7-19-14-23(24(26)15-22(19)21)17-8-10-20(25)11-9-17/h5,8-15H,2-4,6-7H2,1H3. The molecule has 2 heteroatoms. The van der Waals surface area contributed by atoms with Crippen LogP contribution in [-0.4, -0.2) is 0 Å². The Bertz CT molecular complexity index is 939. The summed E-state index contributed by atoms with van der Waals surface area (Å²) in [4.78, 5) is 0. The van der Waals surface area contributed by atoms with Gasteiger partial charge in [-0.2, -0.15) is 0 Å². The van der Waals surface area contributed by atoms with E-state index in [2.05, 4.69) is 25.1 Å². The maximum Gasteiger partial charge on any atom is 0.131 e. The van der Waals surface area contributed by atoms with Crippen LogP contribution in [-0.2, 0) is 19.3 Å². The lowest BCUT2D eigenvalue weighted by Crippen LogP contribution is -2.06. The SMILES string of the molecule is CCCCc1ccc2c(c1)CCc1cc(-c3ccc(F)cc3)c(F)cc1-2. The molecule has 0 amide bonds. The third kappa shape index (κ3) is 3.16. The maximum absolute atomic E-state index is 14.8. The molecule has 3 aromatic rings. The Labute approximate surface area is 153 Å². The largest absolute Gasteiger partial charge is 0.207 e. The van der Waals surface area contributed by atoms with Gasteiger partial charge < -0.3 is 0 Å². The van der Waals surface area contributed by atoms with Crippen molar-refractivity contribution in [3.8, 4) is 22.3 Å². The zero-order chi connectivity index (χ0) is 18.1. The molecule has 0 bridgehead atoms. The van der Waals surface area contributed by atoms with Gasteiger partial charge in [-0.05, 0) is 83.3 Å². The molecule has 0 saturated heterocycles. The number of hydrogen-bond donors (Lipinski definition) is 0. The van der Waals surface area contributed by atoms with Gasteiger partial charge in [0.25, 0.3) is 0 Å². The Morgan fingerprint density at radius 3 is 2.23 bits per heavy atom. The number of aryl methyl sites for hydroxylation is 3. The Morgan fingerprint density at radius 2 is 1.50 bits per heavy atom. The first kappa shape index (κ1) is 17.0. The molecule has 26 heavy (non-hydrogen) atoms. The van der Waals surface area contributed by atoms with E-state index in [1.165, 1.54) is 41.7 Å². The van der Waals surface area contributed by atoms with Crippen molar-refractivity contribution in [3.05, 3.63) is 82.9 Å². The van der Waals surface area contributed by atoms with Gasteiger partial charge in [-0.3, -0.25) is 0 Å². The lowest BCUT2D eigenvalue weighted by atomic mass is 9.83. The predicted octanol–water partition coefficient (Wildman–Crippen LogP) is 6.74. The van der Waals surface area contributed by atoms with Crippen LogP contribution in [0.15, 0.2) is 54.6 Å². The zero-order valence-corrected chi connectivity index (χ0v) is 15.0. The molecular weight excluding hydrogens is 326 g/mol. The first-order chi connectivity index (χ1) is 12.7. The van der Waals surface area contributed by atoms with E-state index in [9.17, 15) is 8.78 Å². The number of rotatable bonds is 4. The molecular formula is C24H22F2. The van der Waals surface area contributed by atoms with Gasteiger partial charge in [0.2, 0.25) is 0 Å². The maximum atomic E-state index is 14.8. The smallest absolute Gasteiger partial charge is 0.131 e. The van der Waals surface area contributed by atoms with E-state index in [-0.39, 0.29) is 11.6 Å². The molecule has 0 spiro atoms. The molecule has 4 rings (SSSR count). The van der Waals surface area contributed by atoms with Gasteiger partial charge in [0.15, 0.2) is 0 Å². The molecule has 0 saturated carbocycles. The van der Waals surface area contributed by atoms with Crippen molar-refractivity contribution in [3.63, 3.8) is 0 Å². The summed E-state index contributed by atoms with van der Waals surface area (Å²) in [5.41, 5.74) is 7.27. The van der Waals surface area contributed by atoms with Crippen molar-refractivity contribution in [2.45, 2.75) is 39.0 Å². The minimum Gasteiger partial charge on any atom is -0.207 e. The van der Waals surface area contributed by atoms with Gasteiger partial charge in [-0.25, -0.2) is 8.78 Å². The van der Waals surface area contributed by atoms with Crippen LogP contribution in [0.4, 0.5) is 8.78 Å². The molecule has 0 heterocycles. The van der Waals surface area contributed by atoms with E-state index >= 15 is 0 Å². The van der Waals surface area contributed by atoms with E-state index in [0.29, 0.717) is 11.1 Å². The van der Waals surface area contributed by atoms with Gasteiger partial charge in [0.1, 0.15) is 11.6 Å². The molecule has 0 unspecified atom stereocenters. The molecule has 0 radical (unpaired) electrons. The van der Waals surface area contributed by atoms with E-state index in [0.717, 1.165) is 30.4 Å². The average Bonchev–Trinajstić information content (AvgIpc) is 2.66. The molecule has 1 aliphatic rings. The Hall–Kier alpha value is -2.48. The third-order valence-electron chi connectivity index (χ3n) is 5.29. The number of hydrogen-bond acceptors (Lipinski definition) is 0. The second-order valence-corrected chi connectivity index (χ2v) is 7.09. The lowest BCUT2D eigenvalue weighted by Gasteiger charge is -2.22. The predicted molar refractivity (Wildman–Crippen MR) is 103 cm³/mol. The second kappa shape index (κ2) is 7.03. The molecule has 1 aliphatic carbocycles. The first-order valence-electron chi connectivity index (χ1n) is 9.36. The van der Waals surface area contributed by atoms with Crippen LogP contribution in [0.3, 0.4) is 0 Å². The number of fused-ring (bicyclic) bond motifs is 3. The van der Waals surface area contributed by atoms with E-state index < -0.39 is 0 Å². The van der Waals surface area contributed by atoms with Gasteiger partial charge in [0.05, 0.1) is 0 Å². The summed E-state index contributed by atoms with van der Waals surface area (Å²) < 4.78 is 28.0. The summed E-state index contributed by atoms with van der Waals surface area (Å²) in [6.45, 7) is 2.20. The number of halogens is 2. The molecule has 0 fully saturated rings. The summed E-state index contributed by atoms with van der Waals surface area (Å²) in [7, 11) is 0. The van der Waals surface area contributed by atoms with Crippen LogP contribution in [0, 0.1) is 11.6 Å². The van der Waals surface area contributed by atoms with Crippen LogP contribution < -0.4 is 0 Å². The molecule has 0 nitrogen and oxygen atoms in total. The van der Waals surface area contributed by atoms with Crippen molar-refractivity contribution in [2.24, 2.45) is 0 Å². The van der Waals surface area contributed by atoms with E-state index in [4.69, 9.17) is 0 Å². The highest BCUT2D eigenvalue weighted by Crippen LogP contribution is 2.38. The Kier molecular flexibility index (Phi) is 4.58. The van der Waals surface area contributed by atoms with Crippen molar-refractivity contribution >= 4 is 0 Å². The number of benzene rings is 3. The highest BCUT2D eigenvalue weighted by atomic mass is 19.1. The highest BCUT2D eigenvalue weighted by molar-refractivity contribution is 5.78. The quantitative estimate of drug-likeness (QED) is 0.490. The molecule has 0 aromatic heterocycles. The van der Waals surface area contributed by atoms with Gasteiger partial charge >= 0.3 is 0 Å². The third-order valence-corrected chi connectivity index (χ3v) is 5.29. The summed E-state index contributed by atoms with van der Waals surface area (Å²) in [5.74, 6) is -0.557. The summed E-state index contributed by atoms with van der Waals surface area (Å²) in [5, 5.41) is 0. The van der Waals surface area contributed by atoms with Crippen LogP contribution in [0.5, 0.6) is 0 Å². The van der Waals surface area contributed by atoms with Crippen LogP contribution in [0.2, 0.25) is 0 Å². The molecule has 3 aromatic carbocycles. The molecule has 0 aliphatic heterocycles. The summed E-state index contributed by atoms with van der Waals surface area (Å²) in [6, 6.07) is 16.2. The Morgan fingerprint density at radius 1 is 0.769 bits per heavy atom. The normalized spacial score (nSPS) is 12.6. The minimum atomic E-state index is -0.306. The van der Waals surface area contributed by atoms with E-state index in [1.807, 2.05) is 6.07 Å². The average molecular weight is 348 g/mol. The van der Waals surface area contributed by atoms with Gasteiger partial charge in [-0.1, -0.05) is 43.7 Å². The monoisotopic (exact) mass is 348 g/mol. The fourth-order valence-electron chi connectivity index (χ4n) is 3.85. The van der Waals surface area contributed by atoms with Crippen molar-refractivity contribution in [1.29, 1.82) is 0 Å². The molecule has 0 N–H and O–H groups in total. The summed E-state index contributed by atoms with van der Waals surface area (Å²) in [6.07, 6.45) is 5.39.